The molecule has 0 spiro atoms. The van der Waals surface area contributed by atoms with Crippen LogP contribution in [0.25, 0.3) is 11.5 Å². The number of aromatic nitrogens is 3. The zero-order chi connectivity index (χ0) is 27.8. The fourth-order valence-electron chi connectivity index (χ4n) is 5.51. The quantitative estimate of drug-likeness (QED) is 0.263. The molecule has 202 valence electrons. The van der Waals surface area contributed by atoms with Crippen molar-refractivity contribution >= 4 is 11.7 Å². The van der Waals surface area contributed by atoms with Gasteiger partial charge in [0.2, 0.25) is 0 Å². The van der Waals surface area contributed by atoms with Gasteiger partial charge in [0, 0.05) is 17.4 Å². The molecular weight excluding hydrogens is 498 g/mol. The molecule has 0 saturated carbocycles. The van der Waals surface area contributed by atoms with Crippen molar-refractivity contribution in [3.63, 3.8) is 0 Å². The van der Waals surface area contributed by atoms with Crippen LogP contribution in [0, 0.1) is 20.8 Å². The van der Waals surface area contributed by atoms with E-state index in [-0.39, 0.29) is 12.1 Å². The lowest BCUT2D eigenvalue weighted by molar-refractivity contribution is 0.194. The maximum Gasteiger partial charge on any atom is 0.322 e. The van der Waals surface area contributed by atoms with Gasteiger partial charge in [0.05, 0.1) is 36.3 Å². The van der Waals surface area contributed by atoms with Crippen molar-refractivity contribution in [1.82, 2.24) is 19.2 Å². The zero-order valence-corrected chi connectivity index (χ0v) is 23.3. The average Bonchev–Trinajstić information content (AvgIpc) is 3.52. The minimum absolute atomic E-state index is 0.173. The van der Waals surface area contributed by atoms with E-state index < -0.39 is 0 Å². The molecule has 2 amide bonds. The Hall–Kier alpha value is -4.78. The van der Waals surface area contributed by atoms with Crippen LogP contribution in [0.1, 0.15) is 46.6 Å². The first-order valence-corrected chi connectivity index (χ1v) is 13.6. The number of benzene rings is 3. The van der Waals surface area contributed by atoms with Crippen LogP contribution in [0.4, 0.5) is 10.5 Å². The Labute approximate surface area is 234 Å². The number of rotatable bonds is 5. The maximum atomic E-state index is 14.3. The first-order valence-electron chi connectivity index (χ1n) is 13.6. The normalized spacial score (nSPS) is 14.3. The maximum absolute atomic E-state index is 14.3. The molecular formula is C33H33N5O2. The number of anilines is 1. The van der Waals surface area contributed by atoms with E-state index in [1.807, 2.05) is 85.0 Å². The van der Waals surface area contributed by atoms with Crippen molar-refractivity contribution < 1.29 is 9.53 Å². The van der Waals surface area contributed by atoms with Crippen LogP contribution < -0.4 is 10.1 Å². The summed E-state index contributed by atoms with van der Waals surface area (Å²) in [4.78, 5) is 16.2. The second-order valence-electron chi connectivity index (χ2n) is 10.2. The second kappa shape index (κ2) is 10.4. The molecule has 5 aromatic rings. The highest BCUT2D eigenvalue weighted by Crippen LogP contribution is 2.39. The van der Waals surface area contributed by atoms with Gasteiger partial charge < -0.3 is 19.5 Å². The van der Waals surface area contributed by atoms with Gasteiger partial charge >= 0.3 is 6.03 Å². The number of hydrogen-bond donors (Lipinski definition) is 1. The van der Waals surface area contributed by atoms with Gasteiger partial charge in [-0.3, -0.25) is 0 Å². The summed E-state index contributed by atoms with van der Waals surface area (Å²) in [7, 11) is 0. The Balaban J connectivity index is 1.54. The lowest BCUT2D eigenvalue weighted by Gasteiger charge is -2.31. The number of amides is 2. The standard InChI is InChI=1S/C33H33N5O2/c1-5-40-27-16-10-13-25(20-27)31-30-18-11-19-36(30)32-28(24(4)35-38(32)26-14-7-6-8-15-26)21-37(31)33(39)34-29-17-9-12-22(2)23(29)3/h6-20,31H,5,21H2,1-4H3,(H,34,39). The first-order chi connectivity index (χ1) is 19.5. The largest absolute Gasteiger partial charge is 0.494 e. The highest BCUT2D eigenvalue weighted by Gasteiger charge is 2.36. The van der Waals surface area contributed by atoms with Gasteiger partial charge in [0.15, 0.2) is 0 Å². The van der Waals surface area contributed by atoms with Gasteiger partial charge in [0.1, 0.15) is 11.6 Å². The zero-order valence-electron chi connectivity index (χ0n) is 23.3. The Bertz CT molecular complexity index is 1680. The third kappa shape index (κ3) is 4.43. The Morgan fingerprint density at radius 3 is 2.58 bits per heavy atom. The molecule has 3 aromatic carbocycles. The number of fused-ring (bicyclic) bond motifs is 3. The number of nitrogens with one attached hydrogen (secondary N) is 1. The summed E-state index contributed by atoms with van der Waals surface area (Å²) >= 11 is 0. The van der Waals surface area contributed by atoms with Crippen LogP contribution >= 0.6 is 0 Å². The number of urea groups is 1. The Morgan fingerprint density at radius 2 is 1.77 bits per heavy atom. The first kappa shape index (κ1) is 25.5. The van der Waals surface area contributed by atoms with Crippen molar-refractivity contribution in [3.8, 4) is 17.3 Å². The smallest absolute Gasteiger partial charge is 0.322 e. The van der Waals surface area contributed by atoms with Crippen molar-refractivity contribution in [3.05, 3.63) is 125 Å². The highest BCUT2D eigenvalue weighted by atomic mass is 16.5. The molecule has 7 nitrogen and oxygen atoms in total. The van der Waals surface area contributed by atoms with Crippen LogP contribution in [-0.4, -0.2) is 31.9 Å². The third-order valence-electron chi connectivity index (χ3n) is 7.68. The van der Waals surface area contributed by atoms with Gasteiger partial charge in [-0.2, -0.15) is 5.10 Å². The monoisotopic (exact) mass is 531 g/mol. The molecule has 3 heterocycles. The van der Waals surface area contributed by atoms with Crippen molar-refractivity contribution in [1.29, 1.82) is 0 Å². The summed E-state index contributed by atoms with van der Waals surface area (Å²) < 4.78 is 10.0. The summed E-state index contributed by atoms with van der Waals surface area (Å²) in [5.74, 6) is 1.72. The van der Waals surface area contributed by atoms with Gasteiger partial charge in [-0.25, -0.2) is 9.48 Å². The predicted octanol–water partition coefficient (Wildman–Crippen LogP) is 7.12. The number of carbonyl (C=O) groups is 1. The third-order valence-corrected chi connectivity index (χ3v) is 7.68. The van der Waals surface area contributed by atoms with E-state index in [0.29, 0.717) is 13.2 Å². The minimum Gasteiger partial charge on any atom is -0.494 e. The van der Waals surface area contributed by atoms with Gasteiger partial charge in [-0.05, 0) is 86.8 Å². The fraction of sp³-hybridized carbons (Fsp3) is 0.212. The van der Waals surface area contributed by atoms with Crippen LogP contribution in [-0.2, 0) is 6.54 Å². The molecule has 0 fully saturated rings. The molecule has 1 N–H and O–H groups in total. The van der Waals surface area contributed by atoms with E-state index in [1.165, 1.54) is 0 Å². The number of hydrogen-bond acceptors (Lipinski definition) is 3. The molecule has 0 saturated heterocycles. The summed E-state index contributed by atoms with van der Waals surface area (Å²) in [5.41, 5.74) is 7.79. The molecule has 7 heteroatoms. The Kier molecular flexibility index (Phi) is 6.64. The molecule has 0 radical (unpaired) electrons. The lowest BCUT2D eigenvalue weighted by atomic mass is 10.0. The number of carbonyl (C=O) groups excluding carboxylic acids is 1. The fourth-order valence-corrected chi connectivity index (χ4v) is 5.51. The van der Waals surface area contributed by atoms with E-state index in [0.717, 1.165) is 56.6 Å². The Morgan fingerprint density at radius 1 is 0.975 bits per heavy atom. The number of aryl methyl sites for hydroxylation is 2. The SMILES string of the molecule is CCOc1cccc(C2c3cccn3-c3c(c(C)nn3-c3ccccc3)CN2C(=O)Nc2cccc(C)c2C)c1. The van der Waals surface area contributed by atoms with Crippen molar-refractivity contribution in [2.24, 2.45) is 0 Å². The molecule has 6 rings (SSSR count). The van der Waals surface area contributed by atoms with E-state index in [9.17, 15) is 4.79 Å². The van der Waals surface area contributed by atoms with Crippen molar-refractivity contribution in [2.75, 3.05) is 11.9 Å². The topological polar surface area (TPSA) is 64.3 Å². The van der Waals surface area contributed by atoms with E-state index >= 15 is 0 Å². The molecule has 1 unspecified atom stereocenters. The summed E-state index contributed by atoms with van der Waals surface area (Å²) in [6.45, 7) is 9.03. The van der Waals surface area contributed by atoms with E-state index in [2.05, 4.69) is 53.3 Å². The second-order valence-corrected chi connectivity index (χ2v) is 10.2. The molecule has 2 aromatic heterocycles. The summed E-state index contributed by atoms with van der Waals surface area (Å²) in [6, 6.07) is 27.7. The van der Waals surface area contributed by atoms with Crippen LogP contribution in [0.15, 0.2) is 91.1 Å². The minimum atomic E-state index is -0.364. The summed E-state index contributed by atoms with van der Waals surface area (Å²) in [5, 5.41) is 8.16. The molecule has 1 aliphatic rings. The number of ether oxygens (including phenoxy) is 1. The highest BCUT2D eigenvalue weighted by molar-refractivity contribution is 5.91. The van der Waals surface area contributed by atoms with Crippen molar-refractivity contribution in [2.45, 2.75) is 40.3 Å². The molecule has 40 heavy (non-hydrogen) atoms. The van der Waals surface area contributed by atoms with Crippen LogP contribution in [0.3, 0.4) is 0 Å². The number of para-hydroxylation sites is 1. The molecule has 0 aliphatic carbocycles. The predicted molar refractivity (Wildman–Crippen MR) is 158 cm³/mol. The van der Waals surface area contributed by atoms with Crippen LogP contribution in [0.5, 0.6) is 5.75 Å². The lowest BCUT2D eigenvalue weighted by Crippen LogP contribution is -2.38. The average molecular weight is 532 g/mol. The van der Waals surface area contributed by atoms with Gasteiger partial charge in [0.25, 0.3) is 0 Å². The van der Waals surface area contributed by atoms with Gasteiger partial charge in [-0.1, -0.05) is 42.5 Å². The van der Waals surface area contributed by atoms with E-state index in [4.69, 9.17) is 9.84 Å². The molecule has 1 aliphatic heterocycles. The molecule has 0 bridgehead atoms. The van der Waals surface area contributed by atoms with E-state index in [1.54, 1.807) is 0 Å². The summed E-state index contributed by atoms with van der Waals surface area (Å²) in [6.07, 6.45) is 2.06. The van der Waals surface area contributed by atoms with Crippen LogP contribution in [0.2, 0.25) is 0 Å². The number of nitrogens with zero attached hydrogens (tertiary/aromatic N) is 4. The molecule has 1 atom stereocenters. The van der Waals surface area contributed by atoms with Gasteiger partial charge in [-0.15, -0.1) is 0 Å².